The Hall–Kier alpha value is -1.70. The van der Waals surface area contributed by atoms with Gasteiger partial charge in [0.15, 0.2) is 0 Å². The molecule has 0 bridgehead atoms. The highest BCUT2D eigenvalue weighted by Gasteiger charge is 2.47. The zero-order valence-electron chi connectivity index (χ0n) is 12.9. The van der Waals surface area contributed by atoms with Gasteiger partial charge in [-0.2, -0.15) is 0 Å². The lowest BCUT2D eigenvalue weighted by atomic mass is 9.73. The molecule has 0 aromatic heterocycles. The number of carbonyl (C=O) groups excluding carboxylic acids is 2. The second-order valence-corrected chi connectivity index (χ2v) is 6.32. The first kappa shape index (κ1) is 16.4. The van der Waals surface area contributed by atoms with Gasteiger partial charge in [0.25, 0.3) is 0 Å². The van der Waals surface area contributed by atoms with Crippen LogP contribution in [0.15, 0.2) is 0 Å². The Morgan fingerprint density at radius 3 is 2.45 bits per heavy atom. The van der Waals surface area contributed by atoms with Gasteiger partial charge in [-0.05, 0) is 34.1 Å². The summed E-state index contributed by atoms with van der Waals surface area (Å²) in [5.41, 5.74) is -1.46. The van der Waals surface area contributed by atoms with Crippen LogP contribution in [0.5, 0.6) is 0 Å². The lowest BCUT2D eigenvalue weighted by Gasteiger charge is -2.42. The monoisotopic (exact) mass is 281 g/mol. The predicted molar refractivity (Wildman–Crippen MR) is 74.9 cm³/mol. The highest BCUT2D eigenvalue weighted by molar-refractivity contribution is 5.79. The van der Waals surface area contributed by atoms with Gasteiger partial charge in [0.2, 0.25) is 0 Å². The highest BCUT2D eigenvalue weighted by atomic mass is 16.6. The number of terminal acetylenes is 1. The zero-order chi connectivity index (χ0) is 15.6. The lowest BCUT2D eigenvalue weighted by Crippen LogP contribution is -2.54. The second kappa shape index (κ2) is 5.74. The first-order valence-electron chi connectivity index (χ1n) is 6.66. The van der Waals surface area contributed by atoms with E-state index in [0.717, 1.165) is 0 Å². The van der Waals surface area contributed by atoms with Crippen molar-refractivity contribution in [1.29, 1.82) is 0 Å². The van der Waals surface area contributed by atoms with E-state index >= 15 is 0 Å². The zero-order valence-corrected chi connectivity index (χ0v) is 12.9. The molecule has 0 saturated carbocycles. The second-order valence-electron chi connectivity index (χ2n) is 6.32. The molecule has 0 spiro atoms. The van der Waals surface area contributed by atoms with Gasteiger partial charge >= 0.3 is 12.1 Å². The van der Waals surface area contributed by atoms with Crippen molar-refractivity contribution in [3.05, 3.63) is 0 Å². The van der Waals surface area contributed by atoms with E-state index < -0.39 is 23.1 Å². The minimum Gasteiger partial charge on any atom is -0.469 e. The van der Waals surface area contributed by atoms with E-state index in [-0.39, 0.29) is 12.5 Å². The van der Waals surface area contributed by atoms with Gasteiger partial charge in [0, 0.05) is 19.0 Å². The number of ether oxygens (including phenoxy) is 2. The molecule has 2 atom stereocenters. The summed E-state index contributed by atoms with van der Waals surface area (Å²) in [7, 11) is 1.33. The van der Waals surface area contributed by atoms with Gasteiger partial charge in [0.1, 0.15) is 5.60 Å². The third-order valence-electron chi connectivity index (χ3n) is 3.48. The molecule has 0 N–H and O–H groups in total. The number of methoxy groups -OCH3 is 1. The van der Waals surface area contributed by atoms with Gasteiger partial charge < -0.3 is 14.4 Å². The van der Waals surface area contributed by atoms with Crippen molar-refractivity contribution < 1.29 is 19.1 Å². The number of nitrogens with zero attached hydrogens (tertiary/aromatic N) is 1. The minimum absolute atomic E-state index is 0.212. The van der Waals surface area contributed by atoms with E-state index in [1.807, 2.05) is 0 Å². The van der Waals surface area contributed by atoms with Crippen LogP contribution in [0.1, 0.15) is 34.1 Å². The quantitative estimate of drug-likeness (QED) is 0.545. The van der Waals surface area contributed by atoms with Crippen molar-refractivity contribution in [2.24, 2.45) is 11.3 Å². The minimum atomic E-state index is -0.890. The molecule has 0 aliphatic carbocycles. The third kappa shape index (κ3) is 3.44. The summed E-state index contributed by atoms with van der Waals surface area (Å²) in [6, 6.07) is 0. The van der Waals surface area contributed by atoms with Gasteiger partial charge in [-0.1, -0.05) is 0 Å². The number of carbonyl (C=O) groups is 2. The fourth-order valence-corrected chi connectivity index (χ4v) is 2.38. The van der Waals surface area contributed by atoms with E-state index in [9.17, 15) is 9.59 Å². The first-order chi connectivity index (χ1) is 9.14. The number of amides is 1. The number of hydrogen-bond donors (Lipinski definition) is 0. The molecule has 1 amide bonds. The topological polar surface area (TPSA) is 55.8 Å². The molecule has 0 aromatic carbocycles. The van der Waals surface area contributed by atoms with Crippen molar-refractivity contribution in [2.45, 2.75) is 39.7 Å². The number of rotatable bonds is 1. The Labute approximate surface area is 120 Å². The Morgan fingerprint density at radius 1 is 1.40 bits per heavy atom. The van der Waals surface area contributed by atoms with Gasteiger partial charge in [-0.25, -0.2) is 4.79 Å². The molecular weight excluding hydrogens is 258 g/mol. The molecule has 0 unspecified atom stereocenters. The Bertz CT molecular complexity index is 432. The van der Waals surface area contributed by atoms with Crippen molar-refractivity contribution in [3.8, 4) is 12.3 Å². The number of esters is 1. The maximum atomic E-state index is 12.1. The van der Waals surface area contributed by atoms with Gasteiger partial charge in [0.05, 0.1) is 12.5 Å². The summed E-state index contributed by atoms with van der Waals surface area (Å²) < 4.78 is 10.2. The van der Waals surface area contributed by atoms with Crippen molar-refractivity contribution in [3.63, 3.8) is 0 Å². The third-order valence-corrected chi connectivity index (χ3v) is 3.48. The molecule has 1 rings (SSSR count). The molecule has 0 radical (unpaired) electrons. The Balaban J connectivity index is 2.89. The van der Waals surface area contributed by atoms with Crippen LogP contribution in [0.2, 0.25) is 0 Å². The summed E-state index contributed by atoms with van der Waals surface area (Å²) >= 11 is 0. The Morgan fingerprint density at radius 2 is 2.00 bits per heavy atom. The fourth-order valence-electron chi connectivity index (χ4n) is 2.38. The standard InChI is InChI=1S/C15H23NO4/c1-7-11-8-9-16(13(18)20-14(2,3)4)10-15(11,5)12(17)19-6/h1,11H,8-10H2,2-6H3/t11-,15+/m0/s1. The number of hydrogen-bond acceptors (Lipinski definition) is 4. The van der Waals surface area contributed by atoms with Crippen molar-refractivity contribution in [2.75, 3.05) is 20.2 Å². The van der Waals surface area contributed by atoms with Crippen LogP contribution in [0.3, 0.4) is 0 Å². The molecule has 1 heterocycles. The predicted octanol–water partition coefficient (Wildman–Crippen LogP) is 2.06. The van der Waals surface area contributed by atoms with E-state index in [1.54, 1.807) is 27.7 Å². The smallest absolute Gasteiger partial charge is 0.410 e. The van der Waals surface area contributed by atoms with E-state index in [0.29, 0.717) is 13.0 Å². The average Bonchev–Trinajstić information content (AvgIpc) is 2.35. The van der Waals surface area contributed by atoms with Crippen LogP contribution in [0.4, 0.5) is 4.79 Å². The van der Waals surface area contributed by atoms with Crippen LogP contribution in [-0.2, 0) is 14.3 Å². The molecule has 1 aliphatic heterocycles. The van der Waals surface area contributed by atoms with Crippen molar-refractivity contribution in [1.82, 2.24) is 4.90 Å². The highest BCUT2D eigenvalue weighted by Crippen LogP contribution is 2.36. The maximum Gasteiger partial charge on any atom is 0.410 e. The summed E-state index contributed by atoms with van der Waals surface area (Å²) in [6.45, 7) is 7.84. The average molecular weight is 281 g/mol. The number of piperidine rings is 1. The summed E-state index contributed by atoms with van der Waals surface area (Å²) in [4.78, 5) is 25.6. The maximum absolute atomic E-state index is 12.1. The van der Waals surface area contributed by atoms with Crippen LogP contribution >= 0.6 is 0 Å². The van der Waals surface area contributed by atoms with Crippen LogP contribution in [0.25, 0.3) is 0 Å². The summed E-state index contributed by atoms with van der Waals surface area (Å²) in [6.07, 6.45) is 5.63. The van der Waals surface area contributed by atoms with E-state index in [4.69, 9.17) is 15.9 Å². The lowest BCUT2D eigenvalue weighted by molar-refractivity contribution is -0.157. The van der Waals surface area contributed by atoms with Crippen LogP contribution < -0.4 is 0 Å². The molecule has 112 valence electrons. The summed E-state index contributed by atoms with van der Waals surface area (Å²) in [5.74, 6) is 2.00. The van der Waals surface area contributed by atoms with Crippen molar-refractivity contribution >= 4 is 12.1 Å². The fraction of sp³-hybridized carbons (Fsp3) is 0.733. The largest absolute Gasteiger partial charge is 0.469 e. The molecular formula is C15H23NO4. The SMILES string of the molecule is C#C[C@H]1CCN(C(=O)OC(C)(C)C)C[C@@]1(C)C(=O)OC. The number of likely N-dealkylation sites (tertiary alicyclic amines) is 1. The van der Waals surface area contributed by atoms with Gasteiger partial charge in [-0.3, -0.25) is 4.79 Å². The first-order valence-corrected chi connectivity index (χ1v) is 6.66. The normalized spacial score (nSPS) is 26.6. The van der Waals surface area contributed by atoms with Gasteiger partial charge in [-0.15, -0.1) is 12.3 Å². The molecule has 1 aliphatic rings. The van der Waals surface area contributed by atoms with Crippen LogP contribution in [0, 0.1) is 23.7 Å². The van der Waals surface area contributed by atoms with E-state index in [1.165, 1.54) is 12.0 Å². The molecule has 1 fully saturated rings. The molecule has 5 heteroatoms. The molecule has 0 aromatic rings. The Kier molecular flexibility index (Phi) is 4.69. The van der Waals surface area contributed by atoms with E-state index in [2.05, 4.69) is 5.92 Å². The molecule has 20 heavy (non-hydrogen) atoms. The summed E-state index contributed by atoms with van der Waals surface area (Å²) in [5, 5.41) is 0. The van der Waals surface area contributed by atoms with Crippen LogP contribution in [-0.4, -0.2) is 42.8 Å². The molecule has 1 saturated heterocycles. The molecule has 5 nitrogen and oxygen atoms in total.